The Balaban J connectivity index is 1.67. The third kappa shape index (κ3) is 10.9. The Labute approximate surface area is 194 Å². The van der Waals surface area contributed by atoms with Crippen molar-refractivity contribution >= 4 is 0 Å². The van der Waals surface area contributed by atoms with Crippen LogP contribution in [0, 0.1) is 0 Å². The quantitative estimate of drug-likeness (QED) is 0.219. The summed E-state index contributed by atoms with van der Waals surface area (Å²) in [5.74, 6) is 2.01. The van der Waals surface area contributed by atoms with Crippen LogP contribution in [-0.4, -0.2) is 29.4 Å². The molecule has 5 heteroatoms. The molecular formula is C27H41FN2O2. The van der Waals surface area contributed by atoms with Crippen LogP contribution < -0.4 is 9.47 Å². The van der Waals surface area contributed by atoms with Gasteiger partial charge in [-0.1, -0.05) is 78.1 Å². The summed E-state index contributed by atoms with van der Waals surface area (Å²) in [5.41, 5.74) is 0.896. The Hall–Kier alpha value is -2.17. The minimum absolute atomic E-state index is 0.105. The summed E-state index contributed by atoms with van der Waals surface area (Å²) in [5, 5.41) is 0. The molecule has 2 rings (SSSR count). The minimum Gasteiger partial charge on any atom is -0.491 e. The van der Waals surface area contributed by atoms with Gasteiger partial charge >= 0.3 is 0 Å². The van der Waals surface area contributed by atoms with Crippen molar-refractivity contribution in [1.29, 1.82) is 0 Å². The van der Waals surface area contributed by atoms with Crippen LogP contribution in [0.5, 0.6) is 11.5 Å². The lowest BCUT2D eigenvalue weighted by atomic mass is 10.1. The van der Waals surface area contributed by atoms with E-state index in [0.29, 0.717) is 30.4 Å². The zero-order valence-corrected chi connectivity index (χ0v) is 20.0. The monoisotopic (exact) mass is 444 g/mol. The van der Waals surface area contributed by atoms with E-state index in [2.05, 4.69) is 23.8 Å². The molecule has 178 valence electrons. The van der Waals surface area contributed by atoms with Gasteiger partial charge < -0.3 is 9.47 Å². The molecule has 0 saturated heterocycles. The third-order valence-corrected chi connectivity index (χ3v) is 5.56. The van der Waals surface area contributed by atoms with E-state index in [-0.39, 0.29) is 6.61 Å². The van der Waals surface area contributed by atoms with Crippen LogP contribution in [-0.2, 0) is 0 Å². The molecule has 4 nitrogen and oxygen atoms in total. The zero-order chi connectivity index (χ0) is 22.9. The summed E-state index contributed by atoms with van der Waals surface area (Å²) in [6.07, 6.45) is 16.2. The highest BCUT2D eigenvalue weighted by Gasteiger charge is 2.08. The molecular weight excluding hydrogens is 403 g/mol. The Morgan fingerprint density at radius 1 is 0.719 bits per heavy atom. The van der Waals surface area contributed by atoms with E-state index < -0.39 is 6.17 Å². The maximum atomic E-state index is 14.0. The number of rotatable bonds is 18. The molecule has 0 saturated carbocycles. The highest BCUT2D eigenvalue weighted by atomic mass is 19.1. The van der Waals surface area contributed by atoms with E-state index in [4.69, 9.17) is 9.47 Å². The highest BCUT2D eigenvalue weighted by molar-refractivity contribution is 5.56. The topological polar surface area (TPSA) is 44.2 Å². The fourth-order valence-electron chi connectivity index (χ4n) is 3.55. The Bertz CT molecular complexity index is 707. The van der Waals surface area contributed by atoms with Gasteiger partial charge in [0.1, 0.15) is 18.5 Å². The third-order valence-electron chi connectivity index (χ3n) is 5.56. The summed E-state index contributed by atoms with van der Waals surface area (Å²) in [6.45, 7) is 5.22. The summed E-state index contributed by atoms with van der Waals surface area (Å²) in [6, 6.07) is 7.49. The van der Waals surface area contributed by atoms with Crippen molar-refractivity contribution in [2.45, 2.75) is 97.1 Å². The summed E-state index contributed by atoms with van der Waals surface area (Å²) < 4.78 is 25.4. The first-order valence-electron chi connectivity index (χ1n) is 12.5. The maximum Gasteiger partial charge on any atom is 0.159 e. The minimum atomic E-state index is -0.913. The van der Waals surface area contributed by atoms with Gasteiger partial charge in [0.2, 0.25) is 0 Å². The van der Waals surface area contributed by atoms with Crippen molar-refractivity contribution in [3.05, 3.63) is 36.7 Å². The van der Waals surface area contributed by atoms with Gasteiger partial charge in [-0.2, -0.15) is 0 Å². The number of ether oxygens (including phenoxy) is 2. The second kappa shape index (κ2) is 16.5. The molecule has 0 aliphatic rings. The number of unbranched alkanes of at least 4 members (excludes halogenated alkanes) is 9. The molecule has 0 amide bonds. The van der Waals surface area contributed by atoms with Crippen LogP contribution in [0.2, 0.25) is 0 Å². The molecule has 0 radical (unpaired) electrons. The molecule has 1 heterocycles. The SMILES string of the molecule is CCCCCCCCOc1cnc(-c2ccc(OC[C@@H](F)CCCCCCC)cc2)nc1. The highest BCUT2D eigenvalue weighted by Crippen LogP contribution is 2.21. The van der Waals surface area contributed by atoms with Gasteiger partial charge in [-0.3, -0.25) is 0 Å². The maximum absolute atomic E-state index is 14.0. The zero-order valence-electron chi connectivity index (χ0n) is 20.0. The number of halogens is 1. The molecule has 32 heavy (non-hydrogen) atoms. The molecule has 1 atom stereocenters. The predicted octanol–water partition coefficient (Wildman–Crippen LogP) is 7.96. The number of hydrogen-bond donors (Lipinski definition) is 0. The van der Waals surface area contributed by atoms with Crippen molar-refractivity contribution in [3.63, 3.8) is 0 Å². The van der Waals surface area contributed by atoms with E-state index in [1.165, 1.54) is 51.4 Å². The van der Waals surface area contributed by atoms with Gasteiger partial charge in [0.05, 0.1) is 19.0 Å². The average Bonchev–Trinajstić information content (AvgIpc) is 2.83. The molecule has 0 unspecified atom stereocenters. The Morgan fingerprint density at radius 3 is 1.97 bits per heavy atom. The molecule has 0 aliphatic heterocycles. The molecule has 1 aromatic carbocycles. The van der Waals surface area contributed by atoms with Crippen molar-refractivity contribution in [2.75, 3.05) is 13.2 Å². The van der Waals surface area contributed by atoms with Gasteiger partial charge in [0.25, 0.3) is 0 Å². The van der Waals surface area contributed by atoms with E-state index in [1.54, 1.807) is 12.4 Å². The fourth-order valence-corrected chi connectivity index (χ4v) is 3.55. The van der Waals surface area contributed by atoms with Crippen molar-refractivity contribution in [2.24, 2.45) is 0 Å². The lowest BCUT2D eigenvalue weighted by Gasteiger charge is -2.11. The summed E-state index contributed by atoms with van der Waals surface area (Å²) in [4.78, 5) is 8.82. The fraction of sp³-hybridized carbons (Fsp3) is 0.630. The van der Waals surface area contributed by atoms with Crippen LogP contribution in [0.1, 0.15) is 90.9 Å². The standard InChI is InChI=1S/C27H41FN2O2/c1-3-5-7-9-11-13-19-31-26-20-29-27(30-21-26)23-15-17-25(18-16-23)32-22-24(28)14-12-10-8-6-4-2/h15-18,20-21,24H,3-14,19,22H2,1-2H3/t24-/m0/s1. The Kier molecular flexibility index (Phi) is 13.4. The van der Waals surface area contributed by atoms with Gasteiger partial charge in [-0.25, -0.2) is 14.4 Å². The normalized spacial score (nSPS) is 12.0. The van der Waals surface area contributed by atoms with E-state index >= 15 is 0 Å². The number of nitrogens with zero attached hydrogens (tertiary/aromatic N) is 2. The summed E-state index contributed by atoms with van der Waals surface area (Å²) in [7, 11) is 0. The van der Waals surface area contributed by atoms with Gasteiger partial charge in [0, 0.05) is 5.56 Å². The van der Waals surface area contributed by atoms with Crippen LogP contribution in [0.15, 0.2) is 36.7 Å². The second-order valence-corrected chi connectivity index (χ2v) is 8.49. The lowest BCUT2D eigenvalue weighted by molar-refractivity contribution is 0.184. The average molecular weight is 445 g/mol. The van der Waals surface area contributed by atoms with E-state index in [1.807, 2.05) is 24.3 Å². The molecule has 1 aromatic heterocycles. The smallest absolute Gasteiger partial charge is 0.159 e. The van der Waals surface area contributed by atoms with E-state index in [0.717, 1.165) is 24.8 Å². The number of benzene rings is 1. The van der Waals surface area contributed by atoms with Crippen molar-refractivity contribution in [1.82, 2.24) is 9.97 Å². The van der Waals surface area contributed by atoms with Crippen LogP contribution in [0.3, 0.4) is 0 Å². The van der Waals surface area contributed by atoms with Gasteiger partial charge in [-0.05, 0) is 37.1 Å². The molecule has 2 aromatic rings. The molecule has 0 bridgehead atoms. The van der Waals surface area contributed by atoms with E-state index in [9.17, 15) is 4.39 Å². The predicted molar refractivity (Wildman–Crippen MR) is 130 cm³/mol. The first-order chi connectivity index (χ1) is 15.7. The summed E-state index contributed by atoms with van der Waals surface area (Å²) >= 11 is 0. The van der Waals surface area contributed by atoms with Crippen LogP contribution >= 0.6 is 0 Å². The second-order valence-electron chi connectivity index (χ2n) is 8.49. The number of aromatic nitrogens is 2. The van der Waals surface area contributed by atoms with Crippen LogP contribution in [0.4, 0.5) is 4.39 Å². The first-order valence-corrected chi connectivity index (χ1v) is 12.5. The van der Waals surface area contributed by atoms with Crippen LogP contribution in [0.25, 0.3) is 11.4 Å². The van der Waals surface area contributed by atoms with Gasteiger partial charge in [-0.15, -0.1) is 0 Å². The lowest BCUT2D eigenvalue weighted by Crippen LogP contribution is -2.12. The Morgan fingerprint density at radius 2 is 1.31 bits per heavy atom. The van der Waals surface area contributed by atoms with Crippen molar-refractivity contribution in [3.8, 4) is 22.9 Å². The largest absolute Gasteiger partial charge is 0.491 e. The molecule has 0 spiro atoms. The molecule has 0 aliphatic carbocycles. The van der Waals surface area contributed by atoms with Gasteiger partial charge in [0.15, 0.2) is 11.6 Å². The molecule has 0 N–H and O–H groups in total. The van der Waals surface area contributed by atoms with Crippen molar-refractivity contribution < 1.29 is 13.9 Å². The number of hydrogen-bond acceptors (Lipinski definition) is 4. The molecule has 0 fully saturated rings. The number of alkyl halides is 1. The first kappa shape index (κ1) is 26.1.